The van der Waals surface area contributed by atoms with Crippen LogP contribution >= 0.6 is 0 Å². The molecule has 0 unspecified atom stereocenters. The number of pyridine rings is 1. The maximum atomic E-state index is 12.0. The van der Waals surface area contributed by atoms with Crippen molar-refractivity contribution >= 4 is 0 Å². The van der Waals surface area contributed by atoms with Crippen LogP contribution in [0.1, 0.15) is 11.1 Å². The molecular weight excluding hydrogens is 179 g/mol. The molecule has 4 heteroatoms. The number of aromatic nitrogens is 1. The van der Waals surface area contributed by atoms with Crippen molar-refractivity contribution in [3.05, 3.63) is 29.6 Å². The molecule has 0 saturated carbocycles. The summed E-state index contributed by atoms with van der Waals surface area (Å²) in [7, 11) is 0. The van der Waals surface area contributed by atoms with Crippen LogP contribution in [0.4, 0.5) is 13.2 Å². The van der Waals surface area contributed by atoms with Gasteiger partial charge in [-0.15, -0.1) is 0 Å². The van der Waals surface area contributed by atoms with Crippen LogP contribution in [0.2, 0.25) is 0 Å². The molecule has 1 rings (SSSR count). The van der Waals surface area contributed by atoms with Crippen molar-refractivity contribution in [1.29, 1.82) is 0 Å². The summed E-state index contributed by atoms with van der Waals surface area (Å²) in [5.41, 5.74) is 1.67. The SMILES string of the molecule is Cc1cc(C)c[n+](CC(F)(F)F)c1. The Morgan fingerprint density at radius 2 is 1.62 bits per heavy atom. The monoisotopic (exact) mass is 190 g/mol. The van der Waals surface area contributed by atoms with Gasteiger partial charge in [0.15, 0.2) is 12.4 Å². The summed E-state index contributed by atoms with van der Waals surface area (Å²) in [4.78, 5) is 0. The second-order valence-corrected chi connectivity index (χ2v) is 3.18. The number of alkyl halides is 3. The Kier molecular flexibility index (Phi) is 2.59. The molecule has 0 atom stereocenters. The number of hydrogen-bond donors (Lipinski definition) is 0. The average molecular weight is 190 g/mol. The Morgan fingerprint density at radius 1 is 1.15 bits per heavy atom. The first kappa shape index (κ1) is 10.0. The molecule has 0 aliphatic carbocycles. The first-order chi connectivity index (χ1) is 5.87. The zero-order valence-electron chi connectivity index (χ0n) is 7.52. The van der Waals surface area contributed by atoms with Gasteiger partial charge in [0.25, 0.3) is 0 Å². The van der Waals surface area contributed by atoms with Gasteiger partial charge < -0.3 is 0 Å². The molecule has 1 heterocycles. The van der Waals surface area contributed by atoms with Crippen molar-refractivity contribution in [2.24, 2.45) is 0 Å². The minimum Gasteiger partial charge on any atom is -0.195 e. The van der Waals surface area contributed by atoms with Crippen molar-refractivity contribution < 1.29 is 17.7 Å². The highest BCUT2D eigenvalue weighted by atomic mass is 19.4. The van der Waals surface area contributed by atoms with Gasteiger partial charge >= 0.3 is 6.18 Å². The molecule has 13 heavy (non-hydrogen) atoms. The van der Waals surface area contributed by atoms with Gasteiger partial charge in [0, 0.05) is 11.1 Å². The number of nitrogens with zero attached hydrogens (tertiary/aromatic N) is 1. The molecule has 0 amide bonds. The fraction of sp³-hybridized carbons (Fsp3) is 0.444. The molecule has 0 fully saturated rings. The predicted octanol–water partition coefficient (Wildman–Crippen LogP) is 2.15. The van der Waals surface area contributed by atoms with Crippen molar-refractivity contribution in [3.63, 3.8) is 0 Å². The number of hydrogen-bond acceptors (Lipinski definition) is 0. The highest BCUT2D eigenvalue weighted by Crippen LogP contribution is 2.14. The first-order valence-electron chi connectivity index (χ1n) is 3.91. The van der Waals surface area contributed by atoms with E-state index in [-0.39, 0.29) is 0 Å². The standard InChI is InChI=1S/C9H11F3N/c1-7-3-8(2)5-13(4-7)6-9(10,11)12/h3-5H,6H2,1-2H3/q+1. The molecule has 0 N–H and O–H groups in total. The molecule has 1 aromatic rings. The Hall–Kier alpha value is -1.06. The third kappa shape index (κ3) is 3.44. The molecule has 1 aromatic heterocycles. The van der Waals surface area contributed by atoms with Crippen LogP contribution in [0, 0.1) is 13.8 Å². The lowest BCUT2D eigenvalue weighted by atomic mass is 10.2. The summed E-state index contributed by atoms with van der Waals surface area (Å²) in [6, 6.07) is 1.84. The summed E-state index contributed by atoms with van der Waals surface area (Å²) in [6.45, 7) is 2.63. The number of rotatable bonds is 1. The molecule has 0 aliphatic rings. The van der Waals surface area contributed by atoms with Crippen LogP contribution in [0.5, 0.6) is 0 Å². The van der Waals surface area contributed by atoms with Crippen molar-refractivity contribution in [2.45, 2.75) is 26.6 Å². The normalized spacial score (nSPS) is 11.8. The summed E-state index contributed by atoms with van der Waals surface area (Å²) in [6.07, 6.45) is -1.17. The first-order valence-corrected chi connectivity index (χ1v) is 3.91. The van der Waals surface area contributed by atoms with Crippen LogP contribution in [-0.4, -0.2) is 6.18 Å². The van der Waals surface area contributed by atoms with Gasteiger partial charge in [0.05, 0.1) is 0 Å². The molecule has 0 bridgehead atoms. The highest BCUT2D eigenvalue weighted by molar-refractivity contribution is 5.11. The van der Waals surface area contributed by atoms with Crippen molar-refractivity contribution in [3.8, 4) is 0 Å². The van der Waals surface area contributed by atoms with Crippen LogP contribution in [0.25, 0.3) is 0 Å². The third-order valence-electron chi connectivity index (χ3n) is 1.56. The molecule has 1 nitrogen and oxygen atoms in total. The van der Waals surface area contributed by atoms with Crippen LogP contribution in [0.15, 0.2) is 18.5 Å². The summed E-state index contributed by atoms with van der Waals surface area (Å²) < 4.78 is 37.1. The smallest absolute Gasteiger partial charge is 0.195 e. The molecule has 0 spiro atoms. The summed E-state index contributed by atoms with van der Waals surface area (Å²) in [5, 5.41) is 0. The largest absolute Gasteiger partial charge is 0.448 e. The van der Waals surface area contributed by atoms with Gasteiger partial charge in [-0.3, -0.25) is 0 Å². The summed E-state index contributed by atoms with van der Waals surface area (Å²) in [5.74, 6) is 0. The Morgan fingerprint density at radius 3 is 2.00 bits per heavy atom. The maximum absolute atomic E-state index is 12.0. The molecule has 0 aliphatic heterocycles. The molecule has 0 saturated heterocycles. The third-order valence-corrected chi connectivity index (χ3v) is 1.56. The van der Waals surface area contributed by atoms with E-state index in [0.29, 0.717) is 0 Å². The van der Waals surface area contributed by atoms with E-state index in [1.54, 1.807) is 13.8 Å². The van der Waals surface area contributed by atoms with Gasteiger partial charge in [0.1, 0.15) is 0 Å². The van der Waals surface area contributed by atoms with E-state index in [1.165, 1.54) is 12.4 Å². The Labute approximate surface area is 74.8 Å². The Balaban J connectivity index is 2.90. The van der Waals surface area contributed by atoms with Gasteiger partial charge in [-0.1, -0.05) is 0 Å². The quantitative estimate of drug-likeness (QED) is 0.597. The van der Waals surface area contributed by atoms with E-state index in [0.717, 1.165) is 15.7 Å². The summed E-state index contributed by atoms with van der Waals surface area (Å²) >= 11 is 0. The van der Waals surface area contributed by atoms with E-state index in [4.69, 9.17) is 0 Å². The second-order valence-electron chi connectivity index (χ2n) is 3.18. The highest BCUT2D eigenvalue weighted by Gasteiger charge is 2.33. The van der Waals surface area contributed by atoms with E-state index < -0.39 is 12.7 Å². The van der Waals surface area contributed by atoms with Gasteiger partial charge in [0.2, 0.25) is 6.54 Å². The minimum atomic E-state index is -4.15. The van der Waals surface area contributed by atoms with E-state index >= 15 is 0 Å². The van der Waals surface area contributed by atoms with Gasteiger partial charge in [-0.05, 0) is 19.9 Å². The van der Waals surface area contributed by atoms with E-state index in [1.807, 2.05) is 6.07 Å². The predicted molar refractivity (Wildman–Crippen MR) is 42.2 cm³/mol. The lowest BCUT2D eigenvalue weighted by Gasteiger charge is -2.03. The molecule has 72 valence electrons. The van der Waals surface area contributed by atoms with E-state index in [2.05, 4.69) is 0 Å². The number of halogens is 3. The van der Waals surface area contributed by atoms with Gasteiger partial charge in [-0.2, -0.15) is 17.7 Å². The van der Waals surface area contributed by atoms with Crippen LogP contribution in [-0.2, 0) is 6.54 Å². The van der Waals surface area contributed by atoms with Crippen LogP contribution in [0.3, 0.4) is 0 Å². The maximum Gasteiger partial charge on any atom is 0.448 e. The van der Waals surface area contributed by atoms with Crippen LogP contribution < -0.4 is 4.57 Å². The second kappa shape index (κ2) is 3.36. The molecule has 0 radical (unpaired) electrons. The fourth-order valence-corrected chi connectivity index (χ4v) is 1.29. The Bertz CT molecular complexity index is 284. The average Bonchev–Trinajstić information content (AvgIpc) is 1.78. The lowest BCUT2D eigenvalue weighted by molar-refractivity contribution is -0.719. The fourth-order valence-electron chi connectivity index (χ4n) is 1.29. The number of aryl methyl sites for hydroxylation is 2. The topological polar surface area (TPSA) is 3.88 Å². The van der Waals surface area contributed by atoms with Gasteiger partial charge in [-0.25, -0.2) is 0 Å². The molecule has 0 aromatic carbocycles. The molecular formula is C9H11F3N+. The van der Waals surface area contributed by atoms with E-state index in [9.17, 15) is 13.2 Å². The zero-order chi connectivity index (χ0) is 10.1. The minimum absolute atomic E-state index is 0.837. The van der Waals surface area contributed by atoms with Crippen molar-refractivity contribution in [2.75, 3.05) is 0 Å². The van der Waals surface area contributed by atoms with Crippen molar-refractivity contribution in [1.82, 2.24) is 0 Å². The lowest BCUT2D eigenvalue weighted by Crippen LogP contribution is -2.41. The zero-order valence-corrected chi connectivity index (χ0v) is 7.52.